The van der Waals surface area contributed by atoms with Gasteiger partial charge in [0.15, 0.2) is 5.78 Å². The third kappa shape index (κ3) is 2.76. The smallest absolute Gasteiger partial charge is 0.195 e. The van der Waals surface area contributed by atoms with Gasteiger partial charge in [0.2, 0.25) is 0 Å². The lowest BCUT2D eigenvalue weighted by Gasteiger charge is -2.40. The number of ketones is 1. The lowest BCUT2D eigenvalue weighted by molar-refractivity contribution is 0.103. The topological polar surface area (TPSA) is 71.9 Å². The Kier molecular flexibility index (Phi) is 4.25. The van der Waals surface area contributed by atoms with E-state index >= 15 is 0 Å². The van der Waals surface area contributed by atoms with Crippen LogP contribution in [-0.2, 0) is 11.8 Å². The molecule has 0 bridgehead atoms. The van der Waals surface area contributed by atoms with Gasteiger partial charge in [0, 0.05) is 45.8 Å². The molecule has 3 aromatic rings. The average molecular weight is 425 g/mol. The van der Waals surface area contributed by atoms with E-state index in [4.69, 9.17) is 0 Å². The molecule has 32 heavy (non-hydrogen) atoms. The zero-order chi connectivity index (χ0) is 22.0. The molecule has 1 atom stereocenters. The van der Waals surface area contributed by atoms with Gasteiger partial charge in [0.25, 0.3) is 0 Å². The molecule has 1 unspecified atom stereocenters. The molecule has 2 N–H and O–H groups in total. The molecule has 2 aromatic carbocycles. The normalized spacial score (nSPS) is 21.9. The maximum Gasteiger partial charge on any atom is 0.195 e. The second-order valence-electron chi connectivity index (χ2n) is 10.1. The number of hydrogen-bond donors (Lipinski definition) is 2. The molecule has 1 aliphatic carbocycles. The summed E-state index contributed by atoms with van der Waals surface area (Å²) in [4.78, 5) is 19.9. The molecule has 162 valence electrons. The number of hydrogen-bond acceptors (Lipinski definition) is 4. The summed E-state index contributed by atoms with van der Waals surface area (Å²) in [5, 5.41) is 13.9. The first-order valence-corrected chi connectivity index (χ1v) is 11.7. The summed E-state index contributed by atoms with van der Waals surface area (Å²) in [7, 11) is 0. The summed E-state index contributed by atoms with van der Waals surface area (Å²) in [6, 6.07) is 12.8. The number of nitriles is 1. The minimum atomic E-state index is -0.330. The fourth-order valence-electron chi connectivity index (χ4n) is 5.87. The Morgan fingerprint density at radius 3 is 2.75 bits per heavy atom. The van der Waals surface area contributed by atoms with Crippen LogP contribution in [0.4, 0.5) is 5.69 Å². The quantitative estimate of drug-likeness (QED) is 0.592. The van der Waals surface area contributed by atoms with Gasteiger partial charge in [-0.05, 0) is 74.2 Å². The van der Waals surface area contributed by atoms with Crippen molar-refractivity contribution in [2.45, 2.75) is 51.0 Å². The van der Waals surface area contributed by atoms with Crippen LogP contribution in [0, 0.1) is 11.3 Å². The van der Waals surface area contributed by atoms with Crippen LogP contribution in [0.25, 0.3) is 10.9 Å². The van der Waals surface area contributed by atoms with E-state index in [-0.39, 0.29) is 11.2 Å². The number of H-pyrrole nitrogens is 1. The van der Waals surface area contributed by atoms with Gasteiger partial charge in [-0.25, -0.2) is 0 Å². The first-order valence-electron chi connectivity index (χ1n) is 11.7. The van der Waals surface area contributed by atoms with Gasteiger partial charge < -0.3 is 15.2 Å². The highest BCUT2D eigenvalue weighted by Crippen LogP contribution is 2.45. The van der Waals surface area contributed by atoms with E-state index in [1.807, 2.05) is 12.1 Å². The van der Waals surface area contributed by atoms with Crippen LogP contribution in [-0.4, -0.2) is 41.3 Å². The minimum absolute atomic E-state index is 0.0921. The molecule has 0 amide bonds. The Morgan fingerprint density at radius 2 is 2.00 bits per heavy atom. The summed E-state index contributed by atoms with van der Waals surface area (Å²) < 4.78 is 0. The third-order valence-corrected chi connectivity index (χ3v) is 7.89. The number of carbonyl (C=O) groups is 1. The lowest BCUT2D eigenvalue weighted by atomic mass is 9.70. The van der Waals surface area contributed by atoms with E-state index < -0.39 is 0 Å². The van der Waals surface area contributed by atoms with Gasteiger partial charge in [0.05, 0.1) is 17.2 Å². The molecule has 3 aliphatic rings. The summed E-state index contributed by atoms with van der Waals surface area (Å²) in [5.41, 5.74) is 7.18. The molecule has 1 aromatic heterocycles. The fourth-order valence-corrected chi connectivity index (χ4v) is 5.87. The standard InChI is InChI=1S/C27H28N4O/c1-27(2)21-14-22-17(5-6-18(8-9-29-22)31-10-3-11-31)13-20(21)25(32)24-19-7-4-16(15-28)12-23(19)30-26(24)27/h4,7,12-14,18,29-30H,3,5-6,8-11H2,1-2H3. The molecule has 5 heteroatoms. The number of nitrogens with zero attached hydrogens (tertiary/aromatic N) is 2. The van der Waals surface area contributed by atoms with E-state index in [9.17, 15) is 10.1 Å². The number of aromatic amines is 1. The molecule has 0 spiro atoms. The predicted octanol–water partition coefficient (Wildman–Crippen LogP) is 4.73. The number of anilines is 1. The Labute approximate surface area is 188 Å². The van der Waals surface area contributed by atoms with Crippen molar-refractivity contribution in [1.82, 2.24) is 9.88 Å². The summed E-state index contributed by atoms with van der Waals surface area (Å²) in [6.07, 6.45) is 4.64. The number of aromatic nitrogens is 1. The van der Waals surface area contributed by atoms with Gasteiger partial charge in [-0.3, -0.25) is 4.79 Å². The molecular formula is C27H28N4O. The summed E-state index contributed by atoms with van der Waals surface area (Å²) in [5.74, 6) is 0.0921. The van der Waals surface area contributed by atoms with Gasteiger partial charge in [0.1, 0.15) is 0 Å². The Bertz CT molecular complexity index is 1310. The number of rotatable bonds is 1. The van der Waals surface area contributed by atoms with Crippen LogP contribution in [0.1, 0.15) is 71.4 Å². The zero-order valence-corrected chi connectivity index (χ0v) is 18.7. The molecule has 5 nitrogen and oxygen atoms in total. The third-order valence-electron chi connectivity index (χ3n) is 7.89. The van der Waals surface area contributed by atoms with Crippen LogP contribution in [0.5, 0.6) is 0 Å². The molecule has 3 heterocycles. The second-order valence-corrected chi connectivity index (χ2v) is 10.1. The molecule has 1 saturated heterocycles. The molecule has 2 aliphatic heterocycles. The van der Waals surface area contributed by atoms with Crippen LogP contribution in [0.15, 0.2) is 30.3 Å². The number of likely N-dealkylation sites (tertiary alicyclic amines) is 1. The predicted molar refractivity (Wildman–Crippen MR) is 126 cm³/mol. The number of fused-ring (bicyclic) bond motifs is 5. The lowest BCUT2D eigenvalue weighted by Crippen LogP contribution is -2.46. The van der Waals surface area contributed by atoms with E-state index in [1.54, 1.807) is 6.07 Å². The van der Waals surface area contributed by atoms with Gasteiger partial charge in [-0.1, -0.05) is 19.9 Å². The van der Waals surface area contributed by atoms with Crippen molar-refractivity contribution < 1.29 is 4.79 Å². The summed E-state index contributed by atoms with van der Waals surface area (Å²) in [6.45, 7) is 7.80. The zero-order valence-electron chi connectivity index (χ0n) is 18.7. The number of carbonyl (C=O) groups excluding carboxylic acids is 1. The maximum absolute atomic E-state index is 13.8. The minimum Gasteiger partial charge on any atom is -0.385 e. The first kappa shape index (κ1) is 19.6. The SMILES string of the molecule is CC1(C)c2cc3c(cc2C(=O)c2c1[nH]c1cc(C#N)ccc21)CCC(N1CCC1)CCN3. The number of benzene rings is 2. The van der Waals surface area contributed by atoms with Crippen molar-refractivity contribution in [2.24, 2.45) is 0 Å². The Hall–Kier alpha value is -3.10. The Morgan fingerprint density at radius 1 is 1.16 bits per heavy atom. The molecular weight excluding hydrogens is 396 g/mol. The van der Waals surface area contributed by atoms with E-state index in [0.717, 1.165) is 52.7 Å². The maximum atomic E-state index is 13.8. The van der Waals surface area contributed by atoms with Crippen LogP contribution < -0.4 is 5.32 Å². The molecule has 1 fully saturated rings. The number of nitrogens with one attached hydrogen (secondary N) is 2. The van der Waals surface area contributed by atoms with Crippen molar-refractivity contribution in [2.75, 3.05) is 25.0 Å². The molecule has 0 saturated carbocycles. The largest absolute Gasteiger partial charge is 0.385 e. The molecule has 0 radical (unpaired) electrons. The van der Waals surface area contributed by atoms with Gasteiger partial charge in [-0.2, -0.15) is 5.26 Å². The van der Waals surface area contributed by atoms with Crippen molar-refractivity contribution in [3.63, 3.8) is 0 Å². The fraction of sp³-hybridized carbons (Fsp3) is 0.407. The van der Waals surface area contributed by atoms with Crippen molar-refractivity contribution in [1.29, 1.82) is 5.26 Å². The van der Waals surface area contributed by atoms with Crippen LogP contribution in [0.3, 0.4) is 0 Å². The van der Waals surface area contributed by atoms with Crippen LogP contribution in [0.2, 0.25) is 0 Å². The highest BCUT2D eigenvalue weighted by Gasteiger charge is 2.40. The second kappa shape index (κ2) is 6.95. The van der Waals surface area contributed by atoms with Crippen LogP contribution >= 0.6 is 0 Å². The Balaban J connectivity index is 1.46. The van der Waals surface area contributed by atoms with Gasteiger partial charge >= 0.3 is 0 Å². The van der Waals surface area contributed by atoms with Gasteiger partial charge in [-0.15, -0.1) is 0 Å². The van der Waals surface area contributed by atoms with Crippen molar-refractivity contribution >= 4 is 22.4 Å². The van der Waals surface area contributed by atoms with Crippen molar-refractivity contribution in [3.8, 4) is 6.07 Å². The van der Waals surface area contributed by atoms with E-state index in [2.05, 4.69) is 47.3 Å². The highest BCUT2D eigenvalue weighted by atomic mass is 16.1. The monoisotopic (exact) mass is 424 g/mol. The average Bonchev–Trinajstić information content (AvgIpc) is 3.13. The summed E-state index contributed by atoms with van der Waals surface area (Å²) >= 11 is 0. The number of aryl methyl sites for hydroxylation is 1. The van der Waals surface area contributed by atoms with E-state index in [0.29, 0.717) is 11.6 Å². The first-order chi connectivity index (χ1) is 15.5. The molecule has 6 rings (SSSR count). The van der Waals surface area contributed by atoms with E-state index in [1.165, 1.54) is 37.2 Å². The highest BCUT2D eigenvalue weighted by molar-refractivity contribution is 6.20. The van der Waals surface area contributed by atoms with Crippen molar-refractivity contribution in [3.05, 3.63) is 63.8 Å².